The zero-order valence-electron chi connectivity index (χ0n) is 18.2. The van der Waals surface area contributed by atoms with Crippen molar-refractivity contribution < 1.29 is 22.3 Å². The normalized spacial score (nSPS) is 16.2. The Morgan fingerprint density at radius 1 is 1.12 bits per heavy atom. The molecule has 9 heteroatoms. The van der Waals surface area contributed by atoms with E-state index in [2.05, 4.69) is 5.32 Å². The Morgan fingerprint density at radius 3 is 2.34 bits per heavy atom. The number of carbonyl (C=O) groups is 1. The molecule has 0 aliphatic carbocycles. The van der Waals surface area contributed by atoms with Crippen LogP contribution in [0.5, 0.6) is 0 Å². The summed E-state index contributed by atoms with van der Waals surface area (Å²) in [7, 11) is -3.73. The van der Waals surface area contributed by atoms with E-state index in [1.807, 2.05) is 0 Å². The van der Waals surface area contributed by atoms with Crippen LogP contribution in [0.1, 0.15) is 42.6 Å². The van der Waals surface area contributed by atoms with E-state index >= 15 is 0 Å². The molecule has 0 bridgehead atoms. The van der Waals surface area contributed by atoms with E-state index in [9.17, 15) is 17.6 Å². The molecule has 6 nitrogen and oxygen atoms in total. The lowest BCUT2D eigenvalue weighted by molar-refractivity contribution is 0.0487. The van der Waals surface area contributed by atoms with Gasteiger partial charge in [0, 0.05) is 38.3 Å². The highest BCUT2D eigenvalue weighted by atomic mass is 35.5. The predicted molar refractivity (Wildman–Crippen MR) is 122 cm³/mol. The molecule has 1 amide bonds. The van der Waals surface area contributed by atoms with Crippen LogP contribution in [0.2, 0.25) is 5.02 Å². The topological polar surface area (TPSA) is 75.7 Å². The third kappa shape index (κ3) is 5.14. The van der Waals surface area contributed by atoms with Gasteiger partial charge < -0.3 is 10.1 Å². The van der Waals surface area contributed by atoms with Crippen LogP contribution in [0.15, 0.2) is 47.4 Å². The summed E-state index contributed by atoms with van der Waals surface area (Å²) in [5.41, 5.74) is 0.617. The average Bonchev–Trinajstić information content (AvgIpc) is 2.79. The summed E-state index contributed by atoms with van der Waals surface area (Å²) in [5, 5.41) is 3.09. The second-order valence-corrected chi connectivity index (χ2v) is 10.2. The van der Waals surface area contributed by atoms with E-state index in [1.165, 1.54) is 34.6 Å². The van der Waals surface area contributed by atoms with Crippen LogP contribution >= 0.6 is 11.6 Å². The lowest BCUT2D eigenvalue weighted by Gasteiger charge is -2.38. The molecule has 1 fully saturated rings. The molecule has 174 valence electrons. The van der Waals surface area contributed by atoms with Gasteiger partial charge in [-0.15, -0.1) is 0 Å². The van der Waals surface area contributed by atoms with E-state index < -0.39 is 21.3 Å². The lowest BCUT2D eigenvalue weighted by Crippen LogP contribution is -2.44. The van der Waals surface area contributed by atoms with Gasteiger partial charge in [0.2, 0.25) is 10.0 Å². The average molecular weight is 483 g/mol. The first-order chi connectivity index (χ1) is 15.2. The van der Waals surface area contributed by atoms with Gasteiger partial charge in [0.1, 0.15) is 5.82 Å². The van der Waals surface area contributed by atoms with Crippen molar-refractivity contribution in [2.24, 2.45) is 0 Å². The number of benzene rings is 2. The number of hydrogen-bond donors (Lipinski definition) is 1. The molecule has 1 aliphatic rings. The molecule has 0 unspecified atom stereocenters. The smallest absolute Gasteiger partial charge is 0.252 e. The second kappa shape index (κ2) is 10.3. The van der Waals surface area contributed by atoms with Crippen LogP contribution in [-0.2, 0) is 20.2 Å². The maximum Gasteiger partial charge on any atom is 0.252 e. The zero-order chi connectivity index (χ0) is 23.4. The fraction of sp³-hybridized carbons (Fsp3) is 0.435. The number of carbonyl (C=O) groups excluding carboxylic acids is 1. The van der Waals surface area contributed by atoms with Gasteiger partial charge in [0.25, 0.3) is 5.91 Å². The molecule has 0 radical (unpaired) electrons. The Morgan fingerprint density at radius 2 is 1.75 bits per heavy atom. The maximum atomic E-state index is 13.4. The SMILES string of the molecule is CCN(CC)S(=O)(=O)c1ccc(Cl)c(C(=O)NCC2(c3ccc(F)cc3)CCOCC2)c1. The fourth-order valence-electron chi connectivity index (χ4n) is 4.03. The number of sulfonamides is 1. The number of nitrogens with one attached hydrogen (secondary N) is 1. The molecule has 1 saturated heterocycles. The lowest BCUT2D eigenvalue weighted by atomic mass is 9.74. The second-order valence-electron chi connectivity index (χ2n) is 7.81. The summed E-state index contributed by atoms with van der Waals surface area (Å²) in [6, 6.07) is 10.4. The third-order valence-electron chi connectivity index (χ3n) is 6.02. The Kier molecular flexibility index (Phi) is 7.92. The molecule has 1 N–H and O–H groups in total. The van der Waals surface area contributed by atoms with Gasteiger partial charge in [-0.1, -0.05) is 37.6 Å². The summed E-state index contributed by atoms with van der Waals surface area (Å²) in [6.45, 7) is 5.53. The van der Waals surface area contributed by atoms with Crippen molar-refractivity contribution >= 4 is 27.5 Å². The van der Waals surface area contributed by atoms with Gasteiger partial charge in [0.15, 0.2) is 0 Å². The molecule has 1 aliphatic heterocycles. The van der Waals surface area contributed by atoms with Gasteiger partial charge in [-0.25, -0.2) is 12.8 Å². The first-order valence-corrected chi connectivity index (χ1v) is 12.5. The first-order valence-electron chi connectivity index (χ1n) is 10.6. The number of amides is 1. The summed E-state index contributed by atoms with van der Waals surface area (Å²) in [5.74, 6) is -0.780. The van der Waals surface area contributed by atoms with Gasteiger partial charge in [0.05, 0.1) is 15.5 Å². The predicted octanol–water partition coefficient (Wildman–Crippen LogP) is 3.99. The number of rotatable bonds is 8. The first kappa shape index (κ1) is 24.6. The Bertz CT molecular complexity index is 1050. The van der Waals surface area contributed by atoms with Crippen molar-refractivity contribution in [3.8, 4) is 0 Å². The molecule has 2 aromatic rings. The minimum Gasteiger partial charge on any atom is -0.381 e. The van der Waals surface area contributed by atoms with Crippen molar-refractivity contribution in [2.75, 3.05) is 32.8 Å². The number of halogens is 2. The summed E-state index contributed by atoms with van der Waals surface area (Å²) in [4.78, 5) is 13.1. The number of hydrogen-bond acceptors (Lipinski definition) is 4. The minimum absolute atomic E-state index is 0.0232. The van der Waals surface area contributed by atoms with Crippen LogP contribution in [0.4, 0.5) is 4.39 Å². The van der Waals surface area contributed by atoms with Crippen molar-refractivity contribution in [1.82, 2.24) is 9.62 Å². The zero-order valence-corrected chi connectivity index (χ0v) is 19.8. The molecular formula is C23H28ClFN2O4S. The highest BCUT2D eigenvalue weighted by molar-refractivity contribution is 7.89. The van der Waals surface area contributed by atoms with E-state index in [4.69, 9.17) is 16.3 Å². The summed E-state index contributed by atoms with van der Waals surface area (Å²) < 4.78 is 46.0. The van der Waals surface area contributed by atoms with Crippen LogP contribution in [-0.4, -0.2) is 51.5 Å². The van der Waals surface area contributed by atoms with Crippen molar-refractivity contribution in [3.05, 3.63) is 64.4 Å². The highest BCUT2D eigenvalue weighted by Gasteiger charge is 2.35. The van der Waals surface area contributed by atoms with Gasteiger partial charge >= 0.3 is 0 Å². The molecule has 1 heterocycles. The van der Waals surface area contributed by atoms with Crippen molar-refractivity contribution in [2.45, 2.75) is 37.0 Å². The number of ether oxygens (including phenoxy) is 1. The van der Waals surface area contributed by atoms with Crippen LogP contribution in [0.25, 0.3) is 0 Å². The minimum atomic E-state index is -3.73. The van der Waals surface area contributed by atoms with E-state index in [1.54, 1.807) is 26.0 Å². The monoisotopic (exact) mass is 482 g/mol. The molecule has 0 saturated carbocycles. The van der Waals surface area contributed by atoms with Crippen molar-refractivity contribution in [1.29, 1.82) is 0 Å². The summed E-state index contributed by atoms with van der Waals surface area (Å²) in [6.07, 6.45) is 1.34. The quantitative estimate of drug-likeness (QED) is 0.617. The van der Waals surface area contributed by atoms with Crippen LogP contribution in [0, 0.1) is 5.82 Å². The largest absolute Gasteiger partial charge is 0.381 e. The maximum absolute atomic E-state index is 13.4. The Balaban J connectivity index is 1.85. The highest BCUT2D eigenvalue weighted by Crippen LogP contribution is 2.34. The Labute approximate surface area is 193 Å². The Hall–Kier alpha value is -2.00. The third-order valence-corrected chi connectivity index (χ3v) is 8.39. The molecule has 3 rings (SSSR count). The van der Waals surface area contributed by atoms with Gasteiger partial charge in [-0.05, 0) is 48.7 Å². The van der Waals surface area contributed by atoms with Crippen molar-refractivity contribution in [3.63, 3.8) is 0 Å². The van der Waals surface area contributed by atoms with E-state index in [0.29, 0.717) is 45.7 Å². The molecule has 32 heavy (non-hydrogen) atoms. The summed E-state index contributed by atoms with van der Waals surface area (Å²) >= 11 is 6.25. The van der Waals surface area contributed by atoms with E-state index in [-0.39, 0.29) is 21.3 Å². The van der Waals surface area contributed by atoms with Crippen LogP contribution in [0.3, 0.4) is 0 Å². The molecule has 2 aromatic carbocycles. The van der Waals surface area contributed by atoms with Gasteiger partial charge in [-0.2, -0.15) is 4.31 Å². The molecule has 0 spiro atoms. The molecular weight excluding hydrogens is 455 g/mol. The number of nitrogens with zero attached hydrogens (tertiary/aromatic N) is 1. The molecule has 0 aromatic heterocycles. The van der Waals surface area contributed by atoms with Gasteiger partial charge in [-0.3, -0.25) is 4.79 Å². The van der Waals surface area contributed by atoms with E-state index in [0.717, 1.165) is 5.56 Å². The fourth-order valence-corrected chi connectivity index (χ4v) is 5.72. The van der Waals surface area contributed by atoms with Crippen LogP contribution < -0.4 is 5.32 Å². The molecule has 0 atom stereocenters. The standard InChI is InChI=1S/C23H28ClFN2O4S/c1-3-27(4-2)32(29,30)19-9-10-21(24)20(15-19)22(28)26-16-23(11-13-31-14-12-23)17-5-7-18(25)8-6-17/h5-10,15H,3-4,11-14,16H2,1-2H3,(H,26,28).